The van der Waals surface area contributed by atoms with E-state index in [-0.39, 0.29) is 17.2 Å². The van der Waals surface area contributed by atoms with Gasteiger partial charge in [-0.15, -0.1) is 0 Å². The van der Waals surface area contributed by atoms with Crippen LogP contribution in [0.4, 0.5) is 0 Å². The van der Waals surface area contributed by atoms with E-state index in [4.69, 9.17) is 14.9 Å². The summed E-state index contributed by atoms with van der Waals surface area (Å²) in [6, 6.07) is 3.80. The van der Waals surface area contributed by atoms with E-state index in [9.17, 15) is 9.59 Å². The molecule has 0 heterocycles. The summed E-state index contributed by atoms with van der Waals surface area (Å²) in [5.41, 5.74) is -0.147. The van der Waals surface area contributed by atoms with Gasteiger partial charge in [-0.2, -0.15) is 0 Å². The van der Waals surface area contributed by atoms with E-state index in [1.165, 1.54) is 12.1 Å². The van der Waals surface area contributed by atoms with E-state index in [0.29, 0.717) is 5.75 Å². The summed E-state index contributed by atoms with van der Waals surface area (Å²) in [6.07, 6.45) is 1.96. The lowest BCUT2D eigenvalue weighted by Gasteiger charge is -2.06. The third-order valence-electron chi connectivity index (χ3n) is 2.23. The Morgan fingerprint density at radius 1 is 1.06 bits per heavy atom. The number of rotatable bonds is 4. The second kappa shape index (κ2) is 3.84. The zero-order valence-electron chi connectivity index (χ0n) is 8.34. The van der Waals surface area contributed by atoms with Crippen molar-refractivity contribution in [3.8, 4) is 5.75 Å². The zero-order valence-corrected chi connectivity index (χ0v) is 8.34. The van der Waals surface area contributed by atoms with Gasteiger partial charge in [-0.1, -0.05) is 0 Å². The quantitative estimate of drug-likeness (QED) is 0.808. The average Bonchev–Trinajstić information content (AvgIpc) is 3.01. The minimum atomic E-state index is -1.16. The molecule has 5 nitrogen and oxygen atoms in total. The highest BCUT2D eigenvalue weighted by molar-refractivity contribution is 5.94. The molecular formula is C11H10O5. The molecule has 0 amide bonds. The third-order valence-corrected chi connectivity index (χ3v) is 2.23. The Kier molecular flexibility index (Phi) is 2.52. The highest BCUT2D eigenvalue weighted by atomic mass is 16.5. The molecule has 1 aliphatic carbocycles. The minimum Gasteiger partial charge on any atom is -0.490 e. The molecule has 2 N–H and O–H groups in total. The molecule has 1 aromatic carbocycles. The molecule has 0 spiro atoms. The van der Waals surface area contributed by atoms with E-state index in [1.807, 2.05) is 0 Å². The van der Waals surface area contributed by atoms with Crippen molar-refractivity contribution in [2.75, 3.05) is 0 Å². The Labute approximate surface area is 91.3 Å². The first kappa shape index (κ1) is 10.5. The van der Waals surface area contributed by atoms with Gasteiger partial charge in [-0.25, -0.2) is 9.59 Å². The topological polar surface area (TPSA) is 83.8 Å². The molecule has 0 aliphatic heterocycles. The predicted octanol–water partition coefficient (Wildman–Crippen LogP) is 1.62. The molecule has 1 aliphatic rings. The van der Waals surface area contributed by atoms with E-state index in [1.54, 1.807) is 0 Å². The van der Waals surface area contributed by atoms with Gasteiger partial charge in [0.05, 0.1) is 17.2 Å². The smallest absolute Gasteiger partial charge is 0.335 e. The van der Waals surface area contributed by atoms with Gasteiger partial charge >= 0.3 is 11.9 Å². The normalized spacial score (nSPS) is 14.5. The first-order valence-corrected chi connectivity index (χ1v) is 4.84. The number of carbonyl (C=O) groups is 2. The van der Waals surface area contributed by atoms with Crippen LogP contribution < -0.4 is 4.74 Å². The van der Waals surface area contributed by atoms with Crippen molar-refractivity contribution in [2.45, 2.75) is 18.9 Å². The monoisotopic (exact) mass is 222 g/mol. The molecule has 1 fully saturated rings. The maximum absolute atomic E-state index is 10.8. The number of carboxylic acid groups (broad SMARTS) is 2. The molecule has 16 heavy (non-hydrogen) atoms. The van der Waals surface area contributed by atoms with Gasteiger partial charge in [0.2, 0.25) is 0 Å². The van der Waals surface area contributed by atoms with Gasteiger partial charge in [0.25, 0.3) is 0 Å². The maximum Gasteiger partial charge on any atom is 0.335 e. The maximum atomic E-state index is 10.8. The largest absolute Gasteiger partial charge is 0.490 e. The highest BCUT2D eigenvalue weighted by Crippen LogP contribution is 2.28. The molecule has 1 saturated carbocycles. The van der Waals surface area contributed by atoms with Gasteiger partial charge < -0.3 is 14.9 Å². The fourth-order valence-corrected chi connectivity index (χ4v) is 1.29. The number of aromatic carboxylic acids is 2. The molecule has 0 atom stereocenters. The first-order valence-electron chi connectivity index (χ1n) is 4.84. The van der Waals surface area contributed by atoms with Crippen LogP contribution in [-0.2, 0) is 0 Å². The minimum absolute atomic E-state index is 0.0736. The summed E-state index contributed by atoms with van der Waals surface area (Å²) >= 11 is 0. The lowest BCUT2D eigenvalue weighted by molar-refractivity contribution is 0.0696. The van der Waals surface area contributed by atoms with Crippen LogP contribution in [0.25, 0.3) is 0 Å². The summed E-state index contributed by atoms with van der Waals surface area (Å²) in [5, 5.41) is 17.6. The lowest BCUT2D eigenvalue weighted by Crippen LogP contribution is -2.05. The van der Waals surface area contributed by atoms with Crippen LogP contribution in [-0.4, -0.2) is 28.3 Å². The van der Waals surface area contributed by atoms with Gasteiger partial charge in [-0.3, -0.25) is 0 Å². The number of carboxylic acids is 2. The molecule has 1 aromatic rings. The SMILES string of the molecule is O=C(O)c1cc(OC2CC2)cc(C(=O)O)c1. The van der Waals surface area contributed by atoms with Crippen molar-refractivity contribution in [1.29, 1.82) is 0 Å². The van der Waals surface area contributed by atoms with Gasteiger partial charge in [0.1, 0.15) is 5.75 Å². The van der Waals surface area contributed by atoms with Crippen LogP contribution in [0.3, 0.4) is 0 Å². The third kappa shape index (κ3) is 2.31. The zero-order chi connectivity index (χ0) is 11.7. The molecule has 0 radical (unpaired) electrons. The molecular weight excluding hydrogens is 212 g/mol. The Bertz CT molecular complexity index is 415. The molecule has 2 rings (SSSR count). The van der Waals surface area contributed by atoms with Crippen LogP contribution in [0, 0.1) is 0 Å². The van der Waals surface area contributed by atoms with Crippen molar-refractivity contribution in [2.24, 2.45) is 0 Å². The first-order chi connectivity index (χ1) is 7.56. The Morgan fingerprint density at radius 2 is 1.56 bits per heavy atom. The number of hydrogen-bond acceptors (Lipinski definition) is 3. The van der Waals surface area contributed by atoms with Crippen LogP contribution in [0.5, 0.6) is 5.75 Å². The van der Waals surface area contributed by atoms with Crippen molar-refractivity contribution in [1.82, 2.24) is 0 Å². The lowest BCUT2D eigenvalue weighted by atomic mass is 10.1. The second-order valence-electron chi connectivity index (χ2n) is 3.67. The van der Waals surface area contributed by atoms with Gasteiger partial charge in [0, 0.05) is 0 Å². The van der Waals surface area contributed by atoms with Crippen LogP contribution in [0.1, 0.15) is 33.6 Å². The van der Waals surface area contributed by atoms with E-state index < -0.39 is 11.9 Å². The molecule has 0 saturated heterocycles. The van der Waals surface area contributed by atoms with E-state index in [0.717, 1.165) is 18.9 Å². The van der Waals surface area contributed by atoms with Gasteiger partial charge in [0.15, 0.2) is 0 Å². The fourth-order valence-electron chi connectivity index (χ4n) is 1.29. The molecule has 84 valence electrons. The fraction of sp³-hybridized carbons (Fsp3) is 0.273. The second-order valence-corrected chi connectivity index (χ2v) is 3.67. The van der Waals surface area contributed by atoms with Crippen LogP contribution in [0.15, 0.2) is 18.2 Å². The van der Waals surface area contributed by atoms with Crippen LogP contribution in [0.2, 0.25) is 0 Å². The Hall–Kier alpha value is -2.04. The van der Waals surface area contributed by atoms with Crippen molar-refractivity contribution < 1.29 is 24.5 Å². The number of hydrogen-bond donors (Lipinski definition) is 2. The molecule has 0 aromatic heterocycles. The van der Waals surface area contributed by atoms with Crippen molar-refractivity contribution in [3.05, 3.63) is 29.3 Å². The van der Waals surface area contributed by atoms with E-state index >= 15 is 0 Å². The van der Waals surface area contributed by atoms with Crippen molar-refractivity contribution in [3.63, 3.8) is 0 Å². The Balaban J connectivity index is 2.35. The molecule has 5 heteroatoms. The van der Waals surface area contributed by atoms with E-state index in [2.05, 4.69) is 0 Å². The summed E-state index contributed by atoms with van der Waals surface area (Å²) in [7, 11) is 0. The Morgan fingerprint density at radius 3 is 1.94 bits per heavy atom. The molecule has 0 unspecified atom stereocenters. The van der Waals surface area contributed by atoms with Crippen molar-refractivity contribution >= 4 is 11.9 Å². The number of ether oxygens (including phenoxy) is 1. The summed E-state index contributed by atoms with van der Waals surface area (Å²) < 4.78 is 5.38. The molecule has 0 bridgehead atoms. The standard InChI is InChI=1S/C11H10O5/c12-10(13)6-3-7(11(14)15)5-9(4-6)16-8-1-2-8/h3-5,8H,1-2H2,(H,12,13)(H,14,15). The number of benzene rings is 1. The highest BCUT2D eigenvalue weighted by Gasteiger charge is 2.24. The average molecular weight is 222 g/mol. The predicted molar refractivity (Wildman–Crippen MR) is 54.0 cm³/mol. The summed E-state index contributed by atoms with van der Waals surface area (Å²) in [6.45, 7) is 0. The summed E-state index contributed by atoms with van der Waals surface area (Å²) in [4.78, 5) is 21.6. The van der Waals surface area contributed by atoms with Gasteiger partial charge in [-0.05, 0) is 31.0 Å². The van der Waals surface area contributed by atoms with Crippen LogP contribution >= 0.6 is 0 Å². The summed E-state index contributed by atoms with van der Waals surface area (Å²) in [5.74, 6) is -2.02.